The van der Waals surface area contributed by atoms with Crippen molar-refractivity contribution in [3.63, 3.8) is 0 Å². The van der Waals surface area contributed by atoms with Crippen molar-refractivity contribution in [2.24, 2.45) is 0 Å². The first-order valence-corrected chi connectivity index (χ1v) is 8.50. The Balaban J connectivity index is 1.96. The molecule has 0 unspecified atom stereocenters. The fraction of sp³-hybridized carbons (Fsp3) is 0.450. The molecule has 2 aromatic rings. The number of benzene rings is 1. The lowest BCUT2D eigenvalue weighted by molar-refractivity contribution is 0.00578. The molecule has 1 aromatic carbocycles. The van der Waals surface area contributed by atoms with Crippen LogP contribution in [0.3, 0.4) is 0 Å². The number of hydrogen-bond donors (Lipinski definition) is 0. The van der Waals surface area contributed by atoms with Gasteiger partial charge in [-0.1, -0.05) is 18.2 Å². The first-order chi connectivity index (χ1) is 11.1. The SMILES string of the molecule is Cc1cnc(C)c(-c2ccc(B3OC(C)(C)C(C)(C)O3)cc2C)c1. The molecule has 0 bridgehead atoms. The van der Waals surface area contributed by atoms with Crippen LogP contribution < -0.4 is 5.46 Å². The summed E-state index contributed by atoms with van der Waals surface area (Å²) in [6, 6.07) is 8.61. The topological polar surface area (TPSA) is 31.4 Å². The predicted molar refractivity (Wildman–Crippen MR) is 99.6 cm³/mol. The number of nitrogens with zero attached hydrogens (tertiary/aromatic N) is 1. The van der Waals surface area contributed by atoms with Gasteiger partial charge >= 0.3 is 7.12 Å². The van der Waals surface area contributed by atoms with E-state index in [9.17, 15) is 0 Å². The van der Waals surface area contributed by atoms with E-state index in [0.717, 1.165) is 11.2 Å². The Morgan fingerprint density at radius 2 is 1.50 bits per heavy atom. The van der Waals surface area contributed by atoms with Crippen LogP contribution in [0, 0.1) is 20.8 Å². The maximum Gasteiger partial charge on any atom is 0.494 e. The number of aromatic nitrogens is 1. The van der Waals surface area contributed by atoms with E-state index in [4.69, 9.17) is 9.31 Å². The number of hydrogen-bond acceptors (Lipinski definition) is 3. The summed E-state index contributed by atoms with van der Waals surface area (Å²) in [5.41, 5.74) is 6.25. The van der Waals surface area contributed by atoms with Crippen LogP contribution >= 0.6 is 0 Å². The van der Waals surface area contributed by atoms with Gasteiger partial charge in [0.2, 0.25) is 0 Å². The second kappa shape index (κ2) is 5.71. The van der Waals surface area contributed by atoms with Crippen molar-refractivity contribution < 1.29 is 9.31 Å². The van der Waals surface area contributed by atoms with E-state index >= 15 is 0 Å². The lowest BCUT2D eigenvalue weighted by Gasteiger charge is -2.32. The summed E-state index contributed by atoms with van der Waals surface area (Å²) in [5, 5.41) is 0. The zero-order valence-electron chi connectivity index (χ0n) is 15.7. The minimum absolute atomic E-state index is 0.318. The summed E-state index contributed by atoms with van der Waals surface area (Å²) in [6.07, 6.45) is 1.91. The van der Waals surface area contributed by atoms with Crippen LogP contribution in [0.15, 0.2) is 30.5 Å². The van der Waals surface area contributed by atoms with Crippen LogP contribution in [0.4, 0.5) is 0 Å². The average molecular weight is 323 g/mol. The average Bonchev–Trinajstić information content (AvgIpc) is 2.70. The number of rotatable bonds is 2. The van der Waals surface area contributed by atoms with Gasteiger partial charge in [-0.3, -0.25) is 4.98 Å². The summed E-state index contributed by atoms with van der Waals surface area (Å²) in [5.74, 6) is 0. The van der Waals surface area contributed by atoms with Gasteiger partial charge in [-0.25, -0.2) is 0 Å². The van der Waals surface area contributed by atoms with Crippen molar-refractivity contribution in [2.45, 2.75) is 59.7 Å². The van der Waals surface area contributed by atoms with Crippen LogP contribution in [0.1, 0.15) is 44.5 Å². The molecular weight excluding hydrogens is 297 g/mol. The third-order valence-corrected chi connectivity index (χ3v) is 5.29. The van der Waals surface area contributed by atoms with E-state index in [0.29, 0.717) is 0 Å². The Morgan fingerprint density at radius 3 is 2.08 bits per heavy atom. The normalized spacial score (nSPS) is 18.9. The first kappa shape index (κ1) is 17.2. The molecule has 24 heavy (non-hydrogen) atoms. The molecule has 2 heterocycles. The van der Waals surface area contributed by atoms with Gasteiger partial charge in [-0.05, 0) is 76.7 Å². The number of pyridine rings is 1. The summed E-state index contributed by atoms with van der Waals surface area (Å²) in [4.78, 5) is 4.48. The second-order valence-electron chi connectivity index (χ2n) is 7.81. The van der Waals surface area contributed by atoms with E-state index < -0.39 is 0 Å². The highest BCUT2D eigenvalue weighted by atomic mass is 16.7. The Labute approximate surface area is 145 Å². The molecule has 1 saturated heterocycles. The highest BCUT2D eigenvalue weighted by Crippen LogP contribution is 2.36. The van der Waals surface area contributed by atoms with Gasteiger partial charge in [0, 0.05) is 17.5 Å². The Kier molecular flexibility index (Phi) is 4.09. The molecule has 4 heteroatoms. The molecule has 1 aliphatic rings. The molecule has 0 spiro atoms. The third kappa shape index (κ3) is 2.89. The fourth-order valence-corrected chi connectivity index (χ4v) is 3.03. The van der Waals surface area contributed by atoms with E-state index in [1.165, 1.54) is 22.3 Å². The summed E-state index contributed by atoms with van der Waals surface area (Å²) in [6.45, 7) is 14.6. The Hall–Kier alpha value is -1.65. The van der Waals surface area contributed by atoms with Gasteiger partial charge in [0.25, 0.3) is 0 Å². The smallest absolute Gasteiger partial charge is 0.399 e. The molecular formula is C20H26BNO2. The predicted octanol–water partition coefficient (Wildman–Crippen LogP) is 3.97. The quantitative estimate of drug-likeness (QED) is 0.784. The Bertz CT molecular complexity index is 767. The second-order valence-corrected chi connectivity index (χ2v) is 7.81. The molecule has 1 fully saturated rings. The minimum atomic E-state index is -0.320. The van der Waals surface area contributed by atoms with Gasteiger partial charge in [0.1, 0.15) is 0 Å². The maximum atomic E-state index is 6.16. The van der Waals surface area contributed by atoms with Crippen molar-refractivity contribution in [1.82, 2.24) is 4.98 Å². The fourth-order valence-electron chi connectivity index (χ4n) is 3.03. The van der Waals surface area contributed by atoms with Crippen LogP contribution in [0.5, 0.6) is 0 Å². The zero-order chi connectivity index (χ0) is 17.7. The highest BCUT2D eigenvalue weighted by molar-refractivity contribution is 6.62. The maximum absolute atomic E-state index is 6.16. The third-order valence-electron chi connectivity index (χ3n) is 5.29. The highest BCUT2D eigenvalue weighted by Gasteiger charge is 2.51. The summed E-state index contributed by atoms with van der Waals surface area (Å²) < 4.78 is 12.3. The van der Waals surface area contributed by atoms with Crippen molar-refractivity contribution in [3.05, 3.63) is 47.3 Å². The van der Waals surface area contributed by atoms with E-state index in [1.807, 2.05) is 6.20 Å². The van der Waals surface area contributed by atoms with Crippen LogP contribution in [-0.2, 0) is 9.31 Å². The largest absolute Gasteiger partial charge is 0.494 e. The van der Waals surface area contributed by atoms with Gasteiger partial charge < -0.3 is 9.31 Å². The molecule has 3 rings (SSSR count). The summed E-state index contributed by atoms with van der Waals surface area (Å²) >= 11 is 0. The first-order valence-electron chi connectivity index (χ1n) is 8.50. The molecule has 3 nitrogen and oxygen atoms in total. The lowest BCUT2D eigenvalue weighted by Crippen LogP contribution is -2.41. The van der Waals surface area contributed by atoms with Crippen molar-refractivity contribution in [1.29, 1.82) is 0 Å². The zero-order valence-corrected chi connectivity index (χ0v) is 15.7. The van der Waals surface area contributed by atoms with Gasteiger partial charge in [-0.2, -0.15) is 0 Å². The van der Waals surface area contributed by atoms with Gasteiger partial charge in [0.15, 0.2) is 0 Å². The molecule has 0 amide bonds. The van der Waals surface area contributed by atoms with Crippen molar-refractivity contribution >= 4 is 12.6 Å². The monoisotopic (exact) mass is 323 g/mol. The molecule has 0 aliphatic carbocycles. The van der Waals surface area contributed by atoms with Gasteiger partial charge in [0.05, 0.1) is 11.2 Å². The molecule has 0 atom stereocenters. The van der Waals surface area contributed by atoms with E-state index in [-0.39, 0.29) is 18.3 Å². The van der Waals surface area contributed by atoms with Crippen molar-refractivity contribution in [2.75, 3.05) is 0 Å². The molecule has 0 saturated carbocycles. The standard InChI is InChI=1S/C20H26BNO2/c1-13-10-18(15(3)22-12-13)17-9-8-16(11-14(17)2)21-23-19(4,5)20(6,7)24-21/h8-12H,1-7H3. The van der Waals surface area contributed by atoms with Crippen LogP contribution in [-0.4, -0.2) is 23.3 Å². The molecule has 0 radical (unpaired) electrons. The molecule has 126 valence electrons. The summed E-state index contributed by atoms with van der Waals surface area (Å²) in [7, 11) is -0.320. The van der Waals surface area contributed by atoms with E-state index in [1.54, 1.807) is 0 Å². The van der Waals surface area contributed by atoms with E-state index in [2.05, 4.69) is 77.7 Å². The van der Waals surface area contributed by atoms with Crippen molar-refractivity contribution in [3.8, 4) is 11.1 Å². The molecule has 1 aliphatic heterocycles. The molecule has 1 aromatic heterocycles. The molecule has 0 N–H and O–H groups in total. The van der Waals surface area contributed by atoms with Crippen LogP contribution in [0.2, 0.25) is 0 Å². The van der Waals surface area contributed by atoms with Gasteiger partial charge in [-0.15, -0.1) is 0 Å². The lowest BCUT2D eigenvalue weighted by atomic mass is 9.77. The number of aryl methyl sites for hydroxylation is 3. The van der Waals surface area contributed by atoms with Crippen LogP contribution in [0.25, 0.3) is 11.1 Å². The Morgan fingerprint density at radius 1 is 0.875 bits per heavy atom. The minimum Gasteiger partial charge on any atom is -0.399 e.